The zero-order valence-corrected chi connectivity index (χ0v) is 16.1. The van der Waals surface area contributed by atoms with Crippen molar-refractivity contribution in [1.82, 2.24) is 20.3 Å². The van der Waals surface area contributed by atoms with Crippen LogP contribution >= 0.6 is 0 Å². The Morgan fingerprint density at radius 3 is 2.93 bits per heavy atom. The number of nitrogens with zero attached hydrogens (tertiary/aromatic N) is 3. The third-order valence-corrected chi connectivity index (χ3v) is 4.20. The monoisotopic (exact) mass is 371 g/mol. The summed E-state index contributed by atoms with van der Waals surface area (Å²) in [5.74, 6) is 1.20. The van der Waals surface area contributed by atoms with E-state index in [1.807, 2.05) is 25.2 Å². The second-order valence-electron chi connectivity index (χ2n) is 6.26. The lowest BCUT2D eigenvalue weighted by Crippen LogP contribution is -2.22. The summed E-state index contributed by atoms with van der Waals surface area (Å²) in [6, 6.07) is 5.87. The number of ether oxygens (including phenoxy) is 1. The minimum Gasteiger partial charge on any atom is -0.482 e. The van der Waals surface area contributed by atoms with Crippen molar-refractivity contribution in [3.63, 3.8) is 0 Å². The van der Waals surface area contributed by atoms with E-state index in [1.165, 1.54) is 6.33 Å². The van der Waals surface area contributed by atoms with E-state index in [0.29, 0.717) is 24.6 Å². The predicted molar refractivity (Wildman–Crippen MR) is 107 cm³/mol. The third-order valence-electron chi connectivity index (χ3n) is 4.20. The first-order valence-electron chi connectivity index (χ1n) is 9.31. The van der Waals surface area contributed by atoms with Gasteiger partial charge >= 0.3 is 0 Å². The first kappa shape index (κ1) is 20.6. The number of aliphatic hydroxyl groups is 1. The molecule has 2 heterocycles. The molecule has 0 unspecified atom stereocenters. The highest BCUT2D eigenvalue weighted by Crippen LogP contribution is 2.23. The maximum absolute atomic E-state index is 9.30. The summed E-state index contributed by atoms with van der Waals surface area (Å²) in [5, 5.41) is 15.7. The van der Waals surface area contributed by atoms with Crippen LogP contribution in [0.1, 0.15) is 44.0 Å². The number of aliphatic hydroxyl groups excluding tert-OH is 1. The molecule has 0 aromatic carbocycles. The van der Waals surface area contributed by atoms with Gasteiger partial charge in [0, 0.05) is 19.7 Å². The molecule has 146 valence electrons. The van der Waals surface area contributed by atoms with Gasteiger partial charge in [0.05, 0.1) is 23.3 Å². The fraction of sp³-hybridized carbons (Fsp3) is 0.450. The predicted octanol–water partition coefficient (Wildman–Crippen LogP) is 2.99. The Kier molecular flexibility index (Phi) is 8.51. The molecule has 0 aliphatic rings. The minimum absolute atomic E-state index is 0.134. The van der Waals surface area contributed by atoms with Crippen molar-refractivity contribution in [1.29, 1.82) is 0 Å². The van der Waals surface area contributed by atoms with Gasteiger partial charge in [-0.15, -0.1) is 0 Å². The highest BCUT2D eigenvalue weighted by atomic mass is 16.5. The van der Waals surface area contributed by atoms with Crippen LogP contribution < -0.4 is 15.4 Å². The van der Waals surface area contributed by atoms with Gasteiger partial charge in [-0.25, -0.2) is 15.0 Å². The maximum atomic E-state index is 9.30. The normalized spacial score (nSPS) is 11.7. The molecule has 0 saturated heterocycles. The van der Waals surface area contributed by atoms with Crippen LogP contribution in [0.5, 0.6) is 5.75 Å². The largest absolute Gasteiger partial charge is 0.482 e. The minimum atomic E-state index is 0.134. The molecule has 2 aromatic rings. The summed E-state index contributed by atoms with van der Waals surface area (Å²) in [5.41, 5.74) is 2.32. The smallest absolute Gasteiger partial charge is 0.180 e. The number of pyridine rings is 1. The molecule has 0 saturated carbocycles. The van der Waals surface area contributed by atoms with Gasteiger partial charge in [0.2, 0.25) is 0 Å². The first-order chi connectivity index (χ1) is 13.2. The summed E-state index contributed by atoms with van der Waals surface area (Å²) < 4.78 is 5.91. The Labute approximate surface area is 160 Å². The van der Waals surface area contributed by atoms with E-state index < -0.39 is 0 Å². The second kappa shape index (κ2) is 11.1. The van der Waals surface area contributed by atoms with Crippen molar-refractivity contribution >= 4 is 11.5 Å². The van der Waals surface area contributed by atoms with Crippen molar-refractivity contribution in [2.24, 2.45) is 0 Å². The highest BCUT2D eigenvalue weighted by Gasteiger charge is 2.13. The SMILES string of the molecule is C=C(NC)c1cccc(COc2cncnc2N[C@H](CCO)CCCC)n1. The summed E-state index contributed by atoms with van der Waals surface area (Å²) in [6.07, 6.45) is 6.96. The number of unbranched alkanes of at least 4 members (excludes halogenated alkanes) is 1. The van der Waals surface area contributed by atoms with Crippen LogP contribution in [0, 0.1) is 0 Å². The maximum Gasteiger partial charge on any atom is 0.180 e. The molecule has 7 nitrogen and oxygen atoms in total. The van der Waals surface area contributed by atoms with Crippen LogP contribution in [0.4, 0.5) is 5.82 Å². The van der Waals surface area contributed by atoms with Crippen molar-refractivity contribution in [2.45, 2.75) is 45.3 Å². The Morgan fingerprint density at radius 1 is 1.33 bits per heavy atom. The fourth-order valence-electron chi connectivity index (χ4n) is 2.63. The molecule has 27 heavy (non-hydrogen) atoms. The van der Waals surface area contributed by atoms with Gasteiger partial charge in [0.25, 0.3) is 0 Å². The standard InChI is InChI=1S/C20H29N5O2/c1-4-5-7-16(10-11-26)25-20-19(12-22-14-23-20)27-13-17-8-6-9-18(24-17)15(2)21-3/h6,8-9,12,14,16,21,26H,2,4-5,7,10-11,13H2,1,3H3,(H,22,23,25)/t16-/m0/s1. The average molecular weight is 371 g/mol. The van der Waals surface area contributed by atoms with E-state index in [1.54, 1.807) is 6.20 Å². The van der Waals surface area contributed by atoms with Crippen LogP contribution in [-0.4, -0.2) is 39.8 Å². The zero-order chi connectivity index (χ0) is 19.5. The van der Waals surface area contributed by atoms with Crippen LogP contribution in [-0.2, 0) is 6.61 Å². The van der Waals surface area contributed by atoms with E-state index in [4.69, 9.17) is 4.74 Å². The quantitative estimate of drug-likeness (QED) is 0.528. The average Bonchev–Trinajstić information content (AvgIpc) is 2.71. The third kappa shape index (κ3) is 6.53. The molecule has 2 aromatic heterocycles. The molecule has 0 radical (unpaired) electrons. The Hall–Kier alpha value is -2.67. The summed E-state index contributed by atoms with van der Waals surface area (Å²) in [7, 11) is 1.81. The molecular formula is C20H29N5O2. The van der Waals surface area contributed by atoms with Crippen molar-refractivity contribution in [3.05, 3.63) is 48.7 Å². The molecule has 0 aliphatic carbocycles. The molecular weight excluding hydrogens is 342 g/mol. The van der Waals surface area contributed by atoms with Gasteiger partial charge in [-0.3, -0.25) is 0 Å². The molecule has 0 bridgehead atoms. The van der Waals surface area contributed by atoms with Gasteiger partial charge in [-0.1, -0.05) is 32.4 Å². The van der Waals surface area contributed by atoms with Gasteiger partial charge in [-0.2, -0.15) is 0 Å². The van der Waals surface area contributed by atoms with E-state index in [2.05, 4.69) is 39.1 Å². The molecule has 7 heteroatoms. The zero-order valence-electron chi connectivity index (χ0n) is 16.1. The van der Waals surface area contributed by atoms with Gasteiger partial charge in [0.1, 0.15) is 12.9 Å². The number of anilines is 1. The number of rotatable bonds is 12. The van der Waals surface area contributed by atoms with E-state index >= 15 is 0 Å². The Balaban J connectivity index is 2.06. The Bertz CT molecular complexity index is 723. The molecule has 3 N–H and O–H groups in total. The molecule has 0 amide bonds. The molecule has 0 fully saturated rings. The van der Waals surface area contributed by atoms with Crippen LogP contribution in [0.25, 0.3) is 5.70 Å². The van der Waals surface area contributed by atoms with Gasteiger partial charge < -0.3 is 20.5 Å². The molecule has 1 atom stereocenters. The number of aromatic nitrogens is 3. The van der Waals surface area contributed by atoms with Gasteiger partial charge in [-0.05, 0) is 25.0 Å². The molecule has 0 spiro atoms. The van der Waals surface area contributed by atoms with Crippen molar-refractivity contribution in [2.75, 3.05) is 19.0 Å². The first-order valence-corrected chi connectivity index (χ1v) is 9.31. The van der Waals surface area contributed by atoms with E-state index in [0.717, 1.165) is 36.3 Å². The Morgan fingerprint density at radius 2 is 2.19 bits per heavy atom. The fourth-order valence-corrected chi connectivity index (χ4v) is 2.63. The summed E-state index contributed by atoms with van der Waals surface area (Å²) in [4.78, 5) is 12.9. The van der Waals surface area contributed by atoms with Gasteiger partial charge in [0.15, 0.2) is 11.6 Å². The number of hydrogen-bond acceptors (Lipinski definition) is 7. The highest BCUT2D eigenvalue weighted by molar-refractivity contribution is 5.57. The van der Waals surface area contributed by atoms with Crippen LogP contribution in [0.15, 0.2) is 37.3 Å². The van der Waals surface area contributed by atoms with Crippen LogP contribution in [0.2, 0.25) is 0 Å². The van der Waals surface area contributed by atoms with Crippen LogP contribution in [0.3, 0.4) is 0 Å². The van der Waals surface area contributed by atoms with E-state index in [9.17, 15) is 5.11 Å². The van der Waals surface area contributed by atoms with Crippen molar-refractivity contribution in [3.8, 4) is 5.75 Å². The molecule has 2 rings (SSSR count). The number of hydrogen-bond donors (Lipinski definition) is 3. The molecule has 0 aliphatic heterocycles. The lowest BCUT2D eigenvalue weighted by molar-refractivity contribution is 0.275. The topological polar surface area (TPSA) is 92.2 Å². The summed E-state index contributed by atoms with van der Waals surface area (Å²) >= 11 is 0. The lowest BCUT2D eigenvalue weighted by Gasteiger charge is -2.19. The van der Waals surface area contributed by atoms with E-state index in [-0.39, 0.29) is 12.6 Å². The lowest BCUT2D eigenvalue weighted by atomic mass is 10.1. The van der Waals surface area contributed by atoms with Crippen molar-refractivity contribution < 1.29 is 9.84 Å². The summed E-state index contributed by atoms with van der Waals surface area (Å²) in [6.45, 7) is 6.51. The second-order valence-corrected chi connectivity index (χ2v) is 6.26. The number of nitrogens with one attached hydrogen (secondary N) is 2.